The number of amides is 3. The average Bonchev–Trinajstić information content (AvgIpc) is 3.43. The van der Waals surface area contributed by atoms with Crippen molar-refractivity contribution in [1.29, 1.82) is 5.26 Å². The number of halogens is 1. The van der Waals surface area contributed by atoms with E-state index in [2.05, 4.69) is 27.0 Å². The largest absolute Gasteiger partial charge is 0.496 e. The second-order valence-corrected chi connectivity index (χ2v) is 10.1. The summed E-state index contributed by atoms with van der Waals surface area (Å²) in [4.78, 5) is 41.1. The van der Waals surface area contributed by atoms with Gasteiger partial charge in [-0.15, -0.1) is 0 Å². The molecule has 9 nitrogen and oxygen atoms in total. The van der Waals surface area contributed by atoms with E-state index in [9.17, 15) is 24.0 Å². The molecule has 1 aromatic heterocycles. The number of methoxy groups -OCH3 is 1. The molecule has 0 radical (unpaired) electrons. The van der Waals surface area contributed by atoms with Crippen LogP contribution in [0.4, 0.5) is 4.39 Å². The Morgan fingerprint density at radius 1 is 1.29 bits per heavy atom. The average molecular weight is 484 g/mol. The van der Waals surface area contributed by atoms with E-state index in [1.807, 2.05) is 13.8 Å². The van der Waals surface area contributed by atoms with E-state index >= 15 is 0 Å². The van der Waals surface area contributed by atoms with Gasteiger partial charge in [-0.25, -0.2) is 4.39 Å². The Hall–Kier alpha value is -3.61. The van der Waals surface area contributed by atoms with Gasteiger partial charge in [0.1, 0.15) is 29.3 Å². The predicted molar refractivity (Wildman–Crippen MR) is 126 cm³/mol. The molecule has 186 valence electrons. The van der Waals surface area contributed by atoms with E-state index < -0.39 is 29.7 Å². The number of aromatic nitrogens is 1. The van der Waals surface area contributed by atoms with E-state index in [1.165, 1.54) is 25.3 Å². The monoisotopic (exact) mass is 483 g/mol. The van der Waals surface area contributed by atoms with Gasteiger partial charge in [0.05, 0.1) is 18.7 Å². The molecule has 2 unspecified atom stereocenters. The summed E-state index contributed by atoms with van der Waals surface area (Å²) in [6, 6.07) is 4.55. The quantitative estimate of drug-likeness (QED) is 0.435. The van der Waals surface area contributed by atoms with Crippen molar-refractivity contribution in [3.8, 4) is 11.8 Å². The number of ether oxygens (including phenoxy) is 1. The van der Waals surface area contributed by atoms with Crippen LogP contribution in [0.3, 0.4) is 0 Å². The van der Waals surface area contributed by atoms with Crippen LogP contribution in [-0.4, -0.2) is 47.4 Å². The number of carbonyl (C=O) groups is 3. The van der Waals surface area contributed by atoms with Crippen LogP contribution in [0, 0.1) is 29.0 Å². The fourth-order valence-corrected chi connectivity index (χ4v) is 4.70. The maximum Gasteiger partial charge on any atom is 0.268 e. The molecule has 0 bridgehead atoms. The zero-order valence-corrected chi connectivity index (χ0v) is 20.0. The fourth-order valence-electron chi connectivity index (χ4n) is 4.70. The van der Waals surface area contributed by atoms with E-state index in [1.54, 1.807) is 0 Å². The number of benzene rings is 1. The highest BCUT2D eigenvalue weighted by Gasteiger charge is 2.39. The second-order valence-electron chi connectivity index (χ2n) is 10.1. The summed E-state index contributed by atoms with van der Waals surface area (Å²) in [6.07, 6.45) is 3.14. The molecule has 1 aromatic carbocycles. The molecule has 4 N–H and O–H groups in total. The van der Waals surface area contributed by atoms with Crippen LogP contribution in [0.2, 0.25) is 0 Å². The topological polar surface area (TPSA) is 136 Å². The molecule has 35 heavy (non-hydrogen) atoms. The predicted octanol–water partition coefficient (Wildman–Crippen LogP) is 2.53. The molecular formula is C25H30FN5O4. The first-order valence-electron chi connectivity index (χ1n) is 11.8. The standard InChI is InChI=1S/C25H30FN5O4/c1-25(2)11-14(22(32)31-25)9-15(12-27)28-23(33)18(8-13-4-5-13)30-24(34)19-10-16-20(35-3)7-6-17(26)21(16)29-19/h6-7,10,13-15,18,29H,4-5,8-9,11H2,1-3H3,(H,28,33)(H,30,34)(H,31,32)/t14?,15-,18?/m0/s1. The lowest BCUT2D eigenvalue weighted by Gasteiger charge is -2.21. The number of nitrogens with one attached hydrogen (secondary N) is 4. The molecule has 2 fully saturated rings. The fraction of sp³-hybridized carbons (Fsp3) is 0.520. The Kier molecular flexibility index (Phi) is 6.70. The lowest BCUT2D eigenvalue weighted by atomic mass is 9.92. The third-order valence-corrected chi connectivity index (χ3v) is 6.64. The van der Waals surface area contributed by atoms with E-state index in [4.69, 9.17) is 4.74 Å². The van der Waals surface area contributed by atoms with Gasteiger partial charge in [0.25, 0.3) is 5.91 Å². The Bertz CT molecular complexity index is 1200. The molecule has 1 aliphatic carbocycles. The molecule has 1 saturated heterocycles. The van der Waals surface area contributed by atoms with E-state index in [0.717, 1.165) is 12.8 Å². The van der Waals surface area contributed by atoms with E-state index in [0.29, 0.717) is 29.9 Å². The summed E-state index contributed by atoms with van der Waals surface area (Å²) in [5.41, 5.74) is -0.116. The van der Waals surface area contributed by atoms with Crippen molar-refractivity contribution in [2.75, 3.05) is 7.11 Å². The lowest BCUT2D eigenvalue weighted by Crippen LogP contribution is -2.50. The molecule has 0 spiro atoms. The van der Waals surface area contributed by atoms with Crippen molar-refractivity contribution < 1.29 is 23.5 Å². The van der Waals surface area contributed by atoms with Crippen LogP contribution in [0.25, 0.3) is 10.9 Å². The molecular weight excluding hydrogens is 453 g/mol. The molecule has 1 saturated carbocycles. The molecule has 1 aliphatic heterocycles. The Morgan fingerprint density at radius 2 is 2.03 bits per heavy atom. The molecule has 4 rings (SSSR count). The number of rotatable bonds is 9. The molecule has 2 aromatic rings. The number of hydrogen-bond donors (Lipinski definition) is 4. The zero-order chi connectivity index (χ0) is 25.3. The molecule has 2 heterocycles. The van der Waals surface area contributed by atoms with Crippen molar-refractivity contribution in [2.45, 2.75) is 63.6 Å². The highest BCUT2D eigenvalue weighted by molar-refractivity contribution is 6.01. The van der Waals surface area contributed by atoms with Crippen molar-refractivity contribution in [3.05, 3.63) is 29.7 Å². The van der Waals surface area contributed by atoms with Gasteiger partial charge in [-0.2, -0.15) is 5.26 Å². The number of fused-ring (bicyclic) bond motifs is 1. The molecule has 10 heteroatoms. The molecule has 3 amide bonds. The van der Waals surface area contributed by atoms with Crippen molar-refractivity contribution >= 4 is 28.6 Å². The summed E-state index contributed by atoms with van der Waals surface area (Å²) in [5, 5.41) is 18.4. The minimum absolute atomic E-state index is 0.0960. The van der Waals surface area contributed by atoms with Crippen LogP contribution < -0.4 is 20.7 Å². The first kappa shape index (κ1) is 24.5. The van der Waals surface area contributed by atoms with Gasteiger partial charge in [0.15, 0.2) is 0 Å². The molecule has 3 atom stereocenters. The third kappa shape index (κ3) is 5.56. The summed E-state index contributed by atoms with van der Waals surface area (Å²) in [5.74, 6) is -1.34. The van der Waals surface area contributed by atoms with Crippen molar-refractivity contribution in [1.82, 2.24) is 20.9 Å². The number of H-pyrrole nitrogens is 1. The highest BCUT2D eigenvalue weighted by Crippen LogP contribution is 2.34. The number of aromatic amines is 1. The van der Waals surface area contributed by atoms with Gasteiger partial charge in [0.2, 0.25) is 11.8 Å². The zero-order valence-electron chi connectivity index (χ0n) is 20.0. The van der Waals surface area contributed by atoms with Gasteiger partial charge in [-0.05, 0) is 57.2 Å². The van der Waals surface area contributed by atoms with Gasteiger partial charge in [-0.3, -0.25) is 14.4 Å². The van der Waals surface area contributed by atoms with Crippen LogP contribution in [0.5, 0.6) is 5.75 Å². The van der Waals surface area contributed by atoms with Gasteiger partial charge in [0, 0.05) is 16.8 Å². The highest BCUT2D eigenvalue weighted by atomic mass is 19.1. The number of nitriles is 1. The van der Waals surface area contributed by atoms with Crippen molar-refractivity contribution in [2.24, 2.45) is 11.8 Å². The summed E-state index contributed by atoms with van der Waals surface area (Å²) < 4.78 is 19.5. The smallest absolute Gasteiger partial charge is 0.268 e. The third-order valence-electron chi connectivity index (χ3n) is 6.64. The number of hydrogen-bond acceptors (Lipinski definition) is 5. The first-order chi connectivity index (χ1) is 16.6. The Morgan fingerprint density at radius 3 is 2.63 bits per heavy atom. The lowest BCUT2D eigenvalue weighted by molar-refractivity contribution is -0.125. The number of nitrogens with zero attached hydrogens (tertiary/aromatic N) is 1. The van der Waals surface area contributed by atoms with Crippen LogP contribution in [0.1, 0.15) is 56.4 Å². The van der Waals surface area contributed by atoms with Crippen LogP contribution >= 0.6 is 0 Å². The molecule has 2 aliphatic rings. The van der Waals surface area contributed by atoms with Crippen LogP contribution in [0.15, 0.2) is 18.2 Å². The summed E-state index contributed by atoms with van der Waals surface area (Å²) >= 11 is 0. The normalized spacial score (nSPS) is 20.5. The summed E-state index contributed by atoms with van der Waals surface area (Å²) in [6.45, 7) is 3.83. The van der Waals surface area contributed by atoms with Crippen molar-refractivity contribution in [3.63, 3.8) is 0 Å². The SMILES string of the molecule is COc1ccc(F)c2[nH]c(C(=O)NC(CC3CC3)C(=O)N[C@H](C#N)CC3CC(C)(C)NC3=O)cc12. The maximum atomic E-state index is 14.2. The Balaban J connectivity index is 1.46. The van der Waals surface area contributed by atoms with Gasteiger partial charge in [-0.1, -0.05) is 12.8 Å². The minimum Gasteiger partial charge on any atom is -0.496 e. The summed E-state index contributed by atoms with van der Waals surface area (Å²) in [7, 11) is 1.46. The first-order valence-corrected chi connectivity index (χ1v) is 11.8. The van der Waals surface area contributed by atoms with Gasteiger partial charge >= 0.3 is 0 Å². The number of carbonyl (C=O) groups excluding carboxylic acids is 3. The Labute approximate surface area is 202 Å². The minimum atomic E-state index is -0.864. The maximum absolute atomic E-state index is 14.2. The van der Waals surface area contributed by atoms with Crippen LogP contribution in [-0.2, 0) is 9.59 Å². The van der Waals surface area contributed by atoms with Gasteiger partial charge < -0.3 is 25.7 Å². The second kappa shape index (κ2) is 9.56. The van der Waals surface area contributed by atoms with E-state index in [-0.39, 0.29) is 35.0 Å².